The van der Waals surface area contributed by atoms with Gasteiger partial charge in [0.05, 0.1) is 17.6 Å². The number of carbonyl (C=O) groups excluding carboxylic acids is 1. The number of ether oxygens (including phenoxy) is 1. The van der Waals surface area contributed by atoms with Gasteiger partial charge >= 0.3 is 0 Å². The van der Waals surface area contributed by atoms with Gasteiger partial charge in [-0.15, -0.1) is 0 Å². The van der Waals surface area contributed by atoms with Crippen LogP contribution in [0.1, 0.15) is 11.1 Å². The summed E-state index contributed by atoms with van der Waals surface area (Å²) in [6, 6.07) is 13.7. The van der Waals surface area contributed by atoms with Crippen molar-refractivity contribution in [2.45, 2.75) is 6.54 Å². The third kappa shape index (κ3) is 4.42. The number of likely N-dealkylation sites (N-methyl/N-ethyl adjacent to an activating group) is 1. The lowest BCUT2D eigenvalue weighted by Crippen LogP contribution is -2.24. The first-order valence-corrected chi connectivity index (χ1v) is 7.31. The van der Waals surface area contributed by atoms with Crippen molar-refractivity contribution >= 4 is 17.7 Å². The van der Waals surface area contributed by atoms with Gasteiger partial charge in [0.15, 0.2) is 0 Å². The fourth-order valence-electron chi connectivity index (χ4n) is 2.21. The summed E-state index contributed by atoms with van der Waals surface area (Å²) < 4.78 is 5.16. The summed E-state index contributed by atoms with van der Waals surface area (Å²) in [6.07, 6.45) is 2.80. The average molecular weight is 326 g/mol. The zero-order valence-corrected chi connectivity index (χ0v) is 13.5. The van der Waals surface area contributed by atoms with E-state index >= 15 is 0 Å². The Morgan fingerprint density at radius 2 is 2.00 bits per heavy atom. The fraction of sp³-hybridized carbons (Fsp3) is 0.167. The molecule has 2 rings (SSSR count). The molecule has 0 radical (unpaired) electrons. The molecular weight excluding hydrogens is 308 g/mol. The van der Waals surface area contributed by atoms with Gasteiger partial charge in [0.25, 0.3) is 5.69 Å². The van der Waals surface area contributed by atoms with Gasteiger partial charge in [-0.2, -0.15) is 0 Å². The number of nitro groups is 1. The monoisotopic (exact) mass is 326 g/mol. The number of methoxy groups -OCH3 is 1. The molecule has 0 heterocycles. The molecule has 24 heavy (non-hydrogen) atoms. The van der Waals surface area contributed by atoms with E-state index in [-0.39, 0.29) is 11.6 Å². The van der Waals surface area contributed by atoms with Crippen molar-refractivity contribution in [2.75, 3.05) is 14.2 Å². The summed E-state index contributed by atoms with van der Waals surface area (Å²) in [5.74, 6) is 0.486. The number of carbonyl (C=O) groups is 1. The van der Waals surface area contributed by atoms with Crippen LogP contribution in [0.5, 0.6) is 5.75 Å². The fourth-order valence-corrected chi connectivity index (χ4v) is 2.21. The molecule has 0 fully saturated rings. The van der Waals surface area contributed by atoms with Crippen molar-refractivity contribution in [1.82, 2.24) is 4.90 Å². The predicted octanol–water partition coefficient (Wildman–Crippen LogP) is 3.28. The number of amides is 1. The highest BCUT2D eigenvalue weighted by Crippen LogP contribution is 2.19. The SMILES string of the molecule is COc1cccc(CN(C)C(=O)/C=C/c2ccccc2[N+](=O)[O-])c1. The van der Waals surface area contributed by atoms with Gasteiger partial charge in [-0.05, 0) is 29.8 Å². The van der Waals surface area contributed by atoms with Crippen molar-refractivity contribution in [3.8, 4) is 5.75 Å². The Morgan fingerprint density at radius 1 is 1.25 bits per heavy atom. The van der Waals surface area contributed by atoms with E-state index in [0.717, 1.165) is 11.3 Å². The molecule has 0 unspecified atom stereocenters. The lowest BCUT2D eigenvalue weighted by Gasteiger charge is -2.15. The van der Waals surface area contributed by atoms with E-state index in [1.807, 2.05) is 24.3 Å². The second-order valence-corrected chi connectivity index (χ2v) is 5.20. The Labute approximate surface area is 140 Å². The molecule has 2 aromatic carbocycles. The maximum absolute atomic E-state index is 12.2. The Bertz CT molecular complexity index is 771. The number of rotatable bonds is 6. The molecule has 124 valence electrons. The molecule has 0 N–H and O–H groups in total. The van der Waals surface area contributed by atoms with Gasteiger partial charge in [-0.1, -0.05) is 24.3 Å². The standard InChI is InChI=1S/C18H18N2O4/c1-19(13-14-6-5-8-16(12-14)24-2)18(21)11-10-15-7-3-4-9-17(15)20(22)23/h3-12H,13H2,1-2H3/b11-10+. The molecule has 0 saturated carbocycles. The van der Waals surface area contributed by atoms with Gasteiger partial charge in [0, 0.05) is 25.7 Å². The maximum atomic E-state index is 12.2. The largest absolute Gasteiger partial charge is 0.497 e. The zero-order chi connectivity index (χ0) is 17.5. The van der Waals surface area contributed by atoms with E-state index < -0.39 is 4.92 Å². The molecule has 0 aliphatic heterocycles. The molecule has 2 aromatic rings. The highest BCUT2D eigenvalue weighted by molar-refractivity contribution is 5.92. The van der Waals surface area contributed by atoms with Gasteiger partial charge in [-0.3, -0.25) is 14.9 Å². The van der Waals surface area contributed by atoms with E-state index in [0.29, 0.717) is 12.1 Å². The van der Waals surface area contributed by atoms with Crippen molar-refractivity contribution in [3.63, 3.8) is 0 Å². The smallest absolute Gasteiger partial charge is 0.276 e. The van der Waals surface area contributed by atoms with Gasteiger partial charge in [0.2, 0.25) is 5.91 Å². The summed E-state index contributed by atoms with van der Waals surface area (Å²) in [7, 11) is 3.26. The Hall–Kier alpha value is -3.15. The van der Waals surface area contributed by atoms with Gasteiger partial charge < -0.3 is 9.64 Å². The Kier molecular flexibility index (Phi) is 5.68. The van der Waals surface area contributed by atoms with Gasteiger partial charge in [-0.25, -0.2) is 0 Å². The van der Waals surface area contributed by atoms with Crippen LogP contribution in [0.15, 0.2) is 54.6 Å². The van der Waals surface area contributed by atoms with Crippen LogP contribution >= 0.6 is 0 Å². The number of nitro benzene ring substituents is 1. The third-order valence-electron chi connectivity index (χ3n) is 3.47. The van der Waals surface area contributed by atoms with Gasteiger partial charge in [0.1, 0.15) is 5.75 Å². The molecule has 0 spiro atoms. The van der Waals surface area contributed by atoms with Crippen molar-refractivity contribution < 1.29 is 14.5 Å². The molecule has 6 heteroatoms. The van der Waals surface area contributed by atoms with Crippen LogP contribution in [0.3, 0.4) is 0 Å². The Morgan fingerprint density at radius 3 is 2.71 bits per heavy atom. The first-order chi connectivity index (χ1) is 11.5. The molecule has 0 aliphatic carbocycles. The summed E-state index contributed by atoms with van der Waals surface area (Å²) in [6.45, 7) is 0.414. The van der Waals surface area contributed by atoms with Crippen molar-refractivity contribution in [1.29, 1.82) is 0 Å². The normalized spacial score (nSPS) is 10.6. The first kappa shape index (κ1) is 17.2. The molecular formula is C18H18N2O4. The third-order valence-corrected chi connectivity index (χ3v) is 3.47. The molecule has 0 bridgehead atoms. The second kappa shape index (κ2) is 7.92. The summed E-state index contributed by atoms with van der Waals surface area (Å²) in [5, 5.41) is 11.0. The van der Waals surface area contributed by atoms with Crippen LogP contribution in [0.2, 0.25) is 0 Å². The van der Waals surface area contributed by atoms with Crippen LogP contribution in [0, 0.1) is 10.1 Å². The van der Waals surface area contributed by atoms with Crippen LogP contribution in [0.4, 0.5) is 5.69 Å². The van der Waals surface area contributed by atoms with E-state index in [1.165, 1.54) is 23.1 Å². The van der Waals surface area contributed by atoms with E-state index in [4.69, 9.17) is 4.74 Å². The lowest BCUT2D eigenvalue weighted by atomic mass is 10.1. The quantitative estimate of drug-likeness (QED) is 0.464. The number of para-hydroxylation sites is 1. The van der Waals surface area contributed by atoms with Crippen LogP contribution in [-0.2, 0) is 11.3 Å². The van der Waals surface area contributed by atoms with Crippen molar-refractivity contribution in [2.24, 2.45) is 0 Å². The average Bonchev–Trinajstić information content (AvgIpc) is 2.59. The molecule has 6 nitrogen and oxygen atoms in total. The number of hydrogen-bond donors (Lipinski definition) is 0. The first-order valence-electron chi connectivity index (χ1n) is 7.31. The van der Waals surface area contributed by atoms with Crippen LogP contribution < -0.4 is 4.74 Å². The topological polar surface area (TPSA) is 72.7 Å². The maximum Gasteiger partial charge on any atom is 0.276 e. The molecule has 0 aromatic heterocycles. The van der Waals surface area contributed by atoms with Crippen molar-refractivity contribution in [3.05, 3.63) is 75.8 Å². The highest BCUT2D eigenvalue weighted by atomic mass is 16.6. The number of nitrogens with zero attached hydrogens (tertiary/aromatic N) is 2. The lowest BCUT2D eigenvalue weighted by molar-refractivity contribution is -0.385. The molecule has 0 atom stereocenters. The highest BCUT2D eigenvalue weighted by Gasteiger charge is 2.11. The minimum Gasteiger partial charge on any atom is -0.497 e. The van der Waals surface area contributed by atoms with E-state index in [2.05, 4.69) is 0 Å². The molecule has 1 amide bonds. The van der Waals surface area contributed by atoms with Crippen LogP contribution in [0.25, 0.3) is 6.08 Å². The van der Waals surface area contributed by atoms with E-state index in [1.54, 1.807) is 32.4 Å². The number of benzene rings is 2. The Balaban J connectivity index is 2.07. The molecule has 0 aliphatic rings. The second-order valence-electron chi connectivity index (χ2n) is 5.20. The number of hydrogen-bond acceptors (Lipinski definition) is 4. The zero-order valence-electron chi connectivity index (χ0n) is 13.5. The predicted molar refractivity (Wildman–Crippen MR) is 91.6 cm³/mol. The van der Waals surface area contributed by atoms with E-state index in [9.17, 15) is 14.9 Å². The molecule has 0 saturated heterocycles. The summed E-state index contributed by atoms with van der Waals surface area (Å²) in [4.78, 5) is 24.2. The summed E-state index contributed by atoms with van der Waals surface area (Å²) >= 11 is 0. The minimum atomic E-state index is -0.468. The van der Waals surface area contributed by atoms with Crippen LogP contribution in [-0.4, -0.2) is 29.9 Å². The minimum absolute atomic E-state index is 0.0306. The summed E-state index contributed by atoms with van der Waals surface area (Å²) in [5.41, 5.74) is 1.30.